The van der Waals surface area contributed by atoms with Crippen molar-refractivity contribution in [2.24, 2.45) is 0 Å². The molecular weight excluding hydrogens is 238 g/mol. The van der Waals surface area contributed by atoms with Gasteiger partial charge in [-0.2, -0.15) is 0 Å². The molecule has 0 aromatic rings. The molecule has 0 unspecified atom stereocenters. The average Bonchev–Trinajstić information content (AvgIpc) is 3.14. The summed E-state index contributed by atoms with van der Waals surface area (Å²) in [6, 6.07) is 0.756. The van der Waals surface area contributed by atoms with Crippen LogP contribution in [-0.2, 0) is 4.79 Å². The number of amides is 1. The third-order valence-corrected chi connectivity index (χ3v) is 5.43. The van der Waals surface area contributed by atoms with Gasteiger partial charge in [0, 0.05) is 19.1 Å². The van der Waals surface area contributed by atoms with E-state index in [4.69, 9.17) is 0 Å². The highest BCUT2D eigenvalue weighted by atomic mass is 16.2. The van der Waals surface area contributed by atoms with E-state index in [2.05, 4.69) is 17.3 Å². The molecule has 1 aliphatic heterocycles. The molecule has 19 heavy (non-hydrogen) atoms. The summed E-state index contributed by atoms with van der Waals surface area (Å²) in [5, 5.41) is 3.48. The molecule has 4 nitrogen and oxygen atoms in total. The monoisotopic (exact) mass is 265 g/mol. The van der Waals surface area contributed by atoms with Gasteiger partial charge in [0.2, 0.25) is 5.91 Å². The van der Waals surface area contributed by atoms with Crippen LogP contribution in [0.25, 0.3) is 0 Å². The Morgan fingerprint density at radius 2 is 1.95 bits per heavy atom. The summed E-state index contributed by atoms with van der Waals surface area (Å²) in [5.41, 5.74) is -0.175. The van der Waals surface area contributed by atoms with Gasteiger partial charge < -0.3 is 9.80 Å². The van der Waals surface area contributed by atoms with E-state index in [9.17, 15) is 4.79 Å². The molecule has 2 aliphatic carbocycles. The third kappa shape index (κ3) is 2.52. The smallest absolute Gasteiger partial charge is 0.244 e. The second kappa shape index (κ2) is 5.41. The van der Waals surface area contributed by atoms with E-state index in [1.165, 1.54) is 38.5 Å². The van der Waals surface area contributed by atoms with E-state index in [1.54, 1.807) is 0 Å². The summed E-state index contributed by atoms with van der Waals surface area (Å²) in [7, 11) is 2.22. The molecular formula is C15H27N3O. The van der Waals surface area contributed by atoms with E-state index < -0.39 is 0 Å². The molecule has 0 aromatic heterocycles. The molecule has 1 spiro atoms. The number of carbonyl (C=O) groups excluding carboxylic acids is 1. The largest absolute Gasteiger partial charge is 0.327 e. The molecule has 1 saturated heterocycles. The van der Waals surface area contributed by atoms with E-state index in [0.29, 0.717) is 5.91 Å². The van der Waals surface area contributed by atoms with Crippen molar-refractivity contribution in [1.82, 2.24) is 15.1 Å². The summed E-state index contributed by atoms with van der Waals surface area (Å²) in [6.45, 7) is 2.67. The molecule has 0 radical (unpaired) electrons. The lowest BCUT2D eigenvalue weighted by atomic mass is 9.98. The number of hydrogen-bond acceptors (Lipinski definition) is 3. The Kier molecular flexibility index (Phi) is 3.81. The molecule has 0 atom stereocenters. The molecule has 4 heteroatoms. The molecule has 1 amide bonds. The lowest BCUT2D eigenvalue weighted by Crippen LogP contribution is -2.45. The zero-order valence-corrected chi connectivity index (χ0v) is 12.2. The average molecular weight is 265 g/mol. The first kappa shape index (κ1) is 13.4. The topological polar surface area (TPSA) is 35.6 Å². The third-order valence-electron chi connectivity index (χ3n) is 5.43. The highest BCUT2D eigenvalue weighted by Gasteiger charge is 2.47. The molecule has 0 aromatic carbocycles. The van der Waals surface area contributed by atoms with Crippen LogP contribution >= 0.6 is 0 Å². The quantitative estimate of drug-likeness (QED) is 0.838. The molecule has 3 fully saturated rings. The van der Waals surface area contributed by atoms with Crippen LogP contribution in [0.4, 0.5) is 0 Å². The van der Waals surface area contributed by atoms with Crippen LogP contribution in [0.5, 0.6) is 0 Å². The van der Waals surface area contributed by atoms with Crippen molar-refractivity contribution in [2.75, 3.05) is 26.8 Å². The normalized spacial score (nSPS) is 27.3. The van der Waals surface area contributed by atoms with Crippen molar-refractivity contribution in [3.8, 4) is 0 Å². The second-order valence-electron chi connectivity index (χ2n) is 6.61. The minimum Gasteiger partial charge on any atom is -0.327 e. The first-order valence-corrected chi connectivity index (χ1v) is 7.96. The van der Waals surface area contributed by atoms with Gasteiger partial charge in [-0.25, -0.2) is 0 Å². The van der Waals surface area contributed by atoms with Crippen molar-refractivity contribution in [3.05, 3.63) is 0 Å². The van der Waals surface area contributed by atoms with Crippen LogP contribution < -0.4 is 5.32 Å². The Morgan fingerprint density at radius 1 is 1.26 bits per heavy atom. The number of hydrogen-bond donors (Lipinski definition) is 1. The maximum absolute atomic E-state index is 12.5. The number of likely N-dealkylation sites (N-methyl/N-ethyl adjacent to an activating group) is 1. The predicted molar refractivity (Wildman–Crippen MR) is 75.8 cm³/mol. The van der Waals surface area contributed by atoms with Crippen molar-refractivity contribution < 1.29 is 4.79 Å². The van der Waals surface area contributed by atoms with Crippen LogP contribution in [0.2, 0.25) is 0 Å². The molecule has 1 N–H and O–H groups in total. The Hall–Kier alpha value is -0.610. The number of rotatable bonds is 4. The summed E-state index contributed by atoms with van der Waals surface area (Å²) in [4.78, 5) is 17.0. The van der Waals surface area contributed by atoms with E-state index >= 15 is 0 Å². The first-order chi connectivity index (χ1) is 9.21. The zero-order valence-electron chi connectivity index (χ0n) is 12.2. The molecule has 0 bridgehead atoms. The van der Waals surface area contributed by atoms with Gasteiger partial charge in [0.05, 0.1) is 12.2 Å². The summed E-state index contributed by atoms with van der Waals surface area (Å²) in [6.07, 6.45) is 9.93. The van der Waals surface area contributed by atoms with E-state index in [0.717, 1.165) is 38.6 Å². The van der Waals surface area contributed by atoms with Gasteiger partial charge in [-0.3, -0.25) is 10.1 Å². The standard InChI is InChI=1S/C15H27N3O/c1-17(13-6-2-3-7-13)10-11-18-12-16-15(14(18)19)8-4-5-9-15/h13,16H,2-12H2,1H3. The zero-order chi connectivity index (χ0) is 13.3. The predicted octanol–water partition coefficient (Wildman–Crippen LogP) is 1.56. The number of nitrogens with zero attached hydrogens (tertiary/aromatic N) is 2. The van der Waals surface area contributed by atoms with Crippen molar-refractivity contribution in [2.45, 2.75) is 62.9 Å². The fraction of sp³-hybridized carbons (Fsp3) is 0.933. The minimum atomic E-state index is -0.175. The Balaban J connectivity index is 1.49. The van der Waals surface area contributed by atoms with Gasteiger partial charge in [0.15, 0.2) is 0 Å². The summed E-state index contributed by atoms with van der Waals surface area (Å²) in [5.74, 6) is 0.366. The lowest BCUT2D eigenvalue weighted by Gasteiger charge is -2.27. The van der Waals surface area contributed by atoms with Crippen molar-refractivity contribution >= 4 is 5.91 Å². The Bertz CT molecular complexity index is 332. The summed E-state index contributed by atoms with van der Waals surface area (Å²) < 4.78 is 0. The second-order valence-corrected chi connectivity index (χ2v) is 6.61. The van der Waals surface area contributed by atoms with Crippen LogP contribution in [0.15, 0.2) is 0 Å². The molecule has 2 saturated carbocycles. The number of nitrogens with one attached hydrogen (secondary N) is 1. The van der Waals surface area contributed by atoms with Gasteiger partial charge in [-0.1, -0.05) is 25.7 Å². The first-order valence-electron chi connectivity index (χ1n) is 7.96. The highest BCUT2D eigenvalue weighted by Crippen LogP contribution is 2.34. The lowest BCUT2D eigenvalue weighted by molar-refractivity contribution is -0.132. The van der Waals surface area contributed by atoms with Gasteiger partial charge in [-0.05, 0) is 32.7 Å². The maximum Gasteiger partial charge on any atom is 0.244 e. The Morgan fingerprint density at radius 3 is 2.63 bits per heavy atom. The molecule has 3 aliphatic rings. The van der Waals surface area contributed by atoms with Crippen LogP contribution in [0.1, 0.15) is 51.4 Å². The number of carbonyl (C=O) groups is 1. The van der Waals surface area contributed by atoms with Crippen LogP contribution in [0.3, 0.4) is 0 Å². The molecule has 108 valence electrons. The van der Waals surface area contributed by atoms with Gasteiger partial charge >= 0.3 is 0 Å². The van der Waals surface area contributed by atoms with Crippen LogP contribution in [-0.4, -0.2) is 54.1 Å². The fourth-order valence-electron chi connectivity index (χ4n) is 4.05. The SMILES string of the molecule is CN(CCN1CNC2(CCCC2)C1=O)C1CCCC1. The maximum atomic E-state index is 12.5. The molecule has 1 heterocycles. The van der Waals surface area contributed by atoms with Gasteiger partial charge in [0.25, 0.3) is 0 Å². The van der Waals surface area contributed by atoms with Crippen molar-refractivity contribution in [1.29, 1.82) is 0 Å². The minimum absolute atomic E-state index is 0.175. The Labute approximate surface area is 116 Å². The van der Waals surface area contributed by atoms with Crippen molar-refractivity contribution in [3.63, 3.8) is 0 Å². The van der Waals surface area contributed by atoms with Gasteiger partial charge in [-0.15, -0.1) is 0 Å². The highest BCUT2D eigenvalue weighted by molar-refractivity contribution is 5.88. The van der Waals surface area contributed by atoms with E-state index in [1.807, 2.05) is 4.90 Å². The van der Waals surface area contributed by atoms with Crippen LogP contribution in [0, 0.1) is 0 Å². The fourth-order valence-corrected chi connectivity index (χ4v) is 4.05. The van der Waals surface area contributed by atoms with E-state index in [-0.39, 0.29) is 5.54 Å². The summed E-state index contributed by atoms with van der Waals surface area (Å²) >= 11 is 0. The molecule has 3 rings (SSSR count). The van der Waals surface area contributed by atoms with Gasteiger partial charge in [0.1, 0.15) is 0 Å².